The number of ketones is 1. The van der Waals surface area contributed by atoms with Crippen LogP contribution < -0.4 is 0 Å². The SMILES string of the molecule is CC(=O)c1nnn(-c2c(C)noc2C)c1C. The fourth-order valence-electron chi connectivity index (χ4n) is 1.65. The van der Waals surface area contributed by atoms with Crippen LogP contribution in [0.15, 0.2) is 4.52 Å². The molecular weight excluding hydrogens is 208 g/mol. The van der Waals surface area contributed by atoms with Gasteiger partial charge in [0.15, 0.2) is 17.2 Å². The molecule has 0 amide bonds. The van der Waals surface area contributed by atoms with Gasteiger partial charge >= 0.3 is 0 Å². The van der Waals surface area contributed by atoms with Crippen molar-refractivity contribution in [3.8, 4) is 5.69 Å². The van der Waals surface area contributed by atoms with Gasteiger partial charge in [0.25, 0.3) is 0 Å². The highest BCUT2D eigenvalue weighted by atomic mass is 16.5. The van der Waals surface area contributed by atoms with Gasteiger partial charge in [-0.15, -0.1) is 5.10 Å². The van der Waals surface area contributed by atoms with Gasteiger partial charge in [0.05, 0.1) is 5.69 Å². The first-order valence-electron chi connectivity index (χ1n) is 4.89. The number of hydrogen-bond donors (Lipinski definition) is 0. The van der Waals surface area contributed by atoms with E-state index in [0.717, 1.165) is 11.4 Å². The zero-order valence-corrected chi connectivity index (χ0v) is 9.61. The van der Waals surface area contributed by atoms with Crippen molar-refractivity contribution in [3.05, 3.63) is 22.8 Å². The van der Waals surface area contributed by atoms with Crippen molar-refractivity contribution in [2.24, 2.45) is 0 Å². The first-order chi connectivity index (χ1) is 7.52. The summed E-state index contributed by atoms with van der Waals surface area (Å²) in [7, 11) is 0. The number of rotatable bonds is 2. The van der Waals surface area contributed by atoms with Crippen molar-refractivity contribution in [2.45, 2.75) is 27.7 Å². The highest BCUT2D eigenvalue weighted by Crippen LogP contribution is 2.19. The van der Waals surface area contributed by atoms with Gasteiger partial charge in [0, 0.05) is 6.92 Å². The molecule has 0 aliphatic heterocycles. The van der Waals surface area contributed by atoms with Gasteiger partial charge in [-0.05, 0) is 20.8 Å². The molecule has 0 atom stereocenters. The minimum absolute atomic E-state index is 0.101. The van der Waals surface area contributed by atoms with Crippen molar-refractivity contribution < 1.29 is 9.32 Å². The lowest BCUT2D eigenvalue weighted by molar-refractivity contribution is 0.101. The normalized spacial score (nSPS) is 10.8. The second kappa shape index (κ2) is 3.55. The van der Waals surface area contributed by atoms with E-state index in [1.165, 1.54) is 6.92 Å². The van der Waals surface area contributed by atoms with Crippen LogP contribution in [0.3, 0.4) is 0 Å². The van der Waals surface area contributed by atoms with Crippen molar-refractivity contribution in [1.82, 2.24) is 20.2 Å². The first kappa shape index (κ1) is 10.5. The lowest BCUT2D eigenvalue weighted by Crippen LogP contribution is -2.03. The maximum absolute atomic E-state index is 11.3. The minimum atomic E-state index is -0.101. The van der Waals surface area contributed by atoms with E-state index in [1.54, 1.807) is 18.5 Å². The lowest BCUT2D eigenvalue weighted by Gasteiger charge is -2.00. The van der Waals surface area contributed by atoms with Gasteiger partial charge in [-0.2, -0.15) is 0 Å². The first-order valence-corrected chi connectivity index (χ1v) is 4.89. The number of hydrogen-bond acceptors (Lipinski definition) is 5. The fraction of sp³-hybridized carbons (Fsp3) is 0.400. The van der Waals surface area contributed by atoms with E-state index in [9.17, 15) is 4.79 Å². The van der Waals surface area contributed by atoms with Gasteiger partial charge in [0.2, 0.25) is 0 Å². The van der Waals surface area contributed by atoms with Crippen LogP contribution in [0.25, 0.3) is 5.69 Å². The molecule has 0 bridgehead atoms. The Labute approximate surface area is 92.2 Å². The smallest absolute Gasteiger partial charge is 0.181 e. The molecule has 0 unspecified atom stereocenters. The van der Waals surface area contributed by atoms with E-state index in [-0.39, 0.29) is 5.78 Å². The van der Waals surface area contributed by atoms with E-state index in [1.807, 2.05) is 6.92 Å². The summed E-state index contributed by atoms with van der Waals surface area (Å²) in [5.41, 5.74) is 2.54. The van der Waals surface area contributed by atoms with E-state index in [2.05, 4.69) is 15.5 Å². The van der Waals surface area contributed by atoms with Gasteiger partial charge in [-0.1, -0.05) is 10.4 Å². The third-order valence-corrected chi connectivity index (χ3v) is 2.44. The molecule has 84 valence electrons. The maximum Gasteiger partial charge on any atom is 0.181 e. The van der Waals surface area contributed by atoms with Crippen LogP contribution in [0.2, 0.25) is 0 Å². The molecule has 16 heavy (non-hydrogen) atoms. The van der Waals surface area contributed by atoms with Crippen molar-refractivity contribution in [1.29, 1.82) is 0 Å². The average molecular weight is 220 g/mol. The second-order valence-corrected chi connectivity index (χ2v) is 3.66. The topological polar surface area (TPSA) is 73.8 Å². The third-order valence-electron chi connectivity index (χ3n) is 2.44. The monoisotopic (exact) mass is 220 g/mol. The molecule has 6 heteroatoms. The summed E-state index contributed by atoms with van der Waals surface area (Å²) in [6.45, 7) is 6.88. The summed E-state index contributed by atoms with van der Waals surface area (Å²) < 4.78 is 6.63. The maximum atomic E-state index is 11.3. The molecule has 0 saturated carbocycles. The molecule has 6 nitrogen and oxygen atoms in total. The Morgan fingerprint density at radius 1 is 1.31 bits per heavy atom. The molecule has 0 fully saturated rings. The third kappa shape index (κ3) is 1.42. The van der Waals surface area contributed by atoms with E-state index in [4.69, 9.17) is 4.52 Å². The Hall–Kier alpha value is -1.98. The summed E-state index contributed by atoms with van der Waals surface area (Å²) in [4.78, 5) is 11.3. The number of aryl methyl sites for hydroxylation is 2. The summed E-state index contributed by atoms with van der Waals surface area (Å²) in [5, 5.41) is 11.6. The largest absolute Gasteiger partial charge is 0.359 e. The van der Waals surface area contributed by atoms with Crippen LogP contribution >= 0.6 is 0 Å². The minimum Gasteiger partial charge on any atom is -0.359 e. The molecule has 0 aliphatic carbocycles. The van der Waals surface area contributed by atoms with Crippen LogP contribution in [0.5, 0.6) is 0 Å². The Kier molecular flexibility index (Phi) is 2.34. The number of carbonyl (C=O) groups is 1. The van der Waals surface area contributed by atoms with Crippen molar-refractivity contribution in [2.75, 3.05) is 0 Å². The van der Waals surface area contributed by atoms with Gasteiger partial charge in [-0.25, -0.2) is 4.68 Å². The zero-order valence-electron chi connectivity index (χ0n) is 9.61. The molecular formula is C10H12N4O2. The van der Waals surface area contributed by atoms with Crippen LogP contribution in [-0.4, -0.2) is 25.9 Å². The number of nitrogens with zero attached hydrogens (tertiary/aromatic N) is 4. The Morgan fingerprint density at radius 2 is 2.00 bits per heavy atom. The predicted octanol–water partition coefficient (Wildman–Crippen LogP) is 1.38. The highest BCUT2D eigenvalue weighted by molar-refractivity contribution is 5.93. The Bertz CT molecular complexity index is 534. The lowest BCUT2D eigenvalue weighted by atomic mass is 10.2. The molecule has 2 rings (SSSR count). The Morgan fingerprint density at radius 3 is 2.44 bits per heavy atom. The standard InChI is InChI=1S/C10H12N4O2/c1-5-10(8(4)16-12-5)14-6(2)9(7(3)15)11-13-14/h1-4H3. The van der Waals surface area contributed by atoms with Crippen LogP contribution in [0.1, 0.15) is 34.6 Å². The molecule has 2 heterocycles. The van der Waals surface area contributed by atoms with Crippen molar-refractivity contribution >= 4 is 5.78 Å². The average Bonchev–Trinajstić information content (AvgIpc) is 2.71. The van der Waals surface area contributed by atoms with E-state index >= 15 is 0 Å². The molecule has 2 aromatic rings. The molecule has 0 spiro atoms. The molecule has 2 aromatic heterocycles. The molecule has 0 radical (unpaired) electrons. The summed E-state index contributed by atoms with van der Waals surface area (Å²) in [5.74, 6) is 0.552. The molecule has 0 saturated heterocycles. The highest BCUT2D eigenvalue weighted by Gasteiger charge is 2.18. The second-order valence-electron chi connectivity index (χ2n) is 3.66. The van der Waals surface area contributed by atoms with E-state index in [0.29, 0.717) is 17.1 Å². The number of aromatic nitrogens is 4. The predicted molar refractivity (Wildman–Crippen MR) is 55.6 cm³/mol. The van der Waals surface area contributed by atoms with Gasteiger partial charge in [-0.3, -0.25) is 4.79 Å². The molecule has 0 aliphatic rings. The molecule has 0 aromatic carbocycles. The van der Waals surface area contributed by atoms with E-state index < -0.39 is 0 Å². The van der Waals surface area contributed by atoms with Gasteiger partial charge < -0.3 is 4.52 Å². The number of carbonyl (C=O) groups excluding carboxylic acids is 1. The molecule has 0 N–H and O–H groups in total. The summed E-state index contributed by atoms with van der Waals surface area (Å²) in [6, 6.07) is 0. The van der Waals surface area contributed by atoms with Crippen LogP contribution in [-0.2, 0) is 0 Å². The quantitative estimate of drug-likeness (QED) is 0.715. The van der Waals surface area contributed by atoms with Gasteiger partial charge in [0.1, 0.15) is 11.4 Å². The van der Waals surface area contributed by atoms with Crippen LogP contribution in [0.4, 0.5) is 0 Å². The zero-order chi connectivity index (χ0) is 11.9. The number of Topliss-reactive ketones (excluding diaryl/α,β-unsaturated/α-hetero) is 1. The summed E-state index contributed by atoms with van der Waals surface area (Å²) in [6.07, 6.45) is 0. The summed E-state index contributed by atoms with van der Waals surface area (Å²) >= 11 is 0. The fourth-order valence-corrected chi connectivity index (χ4v) is 1.65. The van der Waals surface area contributed by atoms with Crippen LogP contribution in [0, 0.1) is 20.8 Å². The Balaban J connectivity index is 2.62. The van der Waals surface area contributed by atoms with Crippen molar-refractivity contribution in [3.63, 3.8) is 0 Å².